The summed E-state index contributed by atoms with van der Waals surface area (Å²) >= 11 is 0. The average molecular weight is 310 g/mol. The smallest absolute Gasteiger partial charge is 0.410 e. The van der Waals surface area contributed by atoms with Crippen LogP contribution < -0.4 is 5.32 Å². The van der Waals surface area contributed by atoms with Crippen LogP contribution in [-0.4, -0.2) is 41.8 Å². The lowest BCUT2D eigenvalue weighted by Gasteiger charge is -2.37. The summed E-state index contributed by atoms with van der Waals surface area (Å²) in [6, 6.07) is 0.939. The third-order valence-corrected chi connectivity index (χ3v) is 5.05. The molecule has 1 N–H and O–H groups in total. The van der Waals surface area contributed by atoms with Crippen molar-refractivity contribution in [2.45, 2.75) is 90.3 Å². The molecule has 1 aliphatic heterocycles. The fraction of sp³-hybridized carbons (Fsp3) is 0.944. The number of hydrogen-bond acceptors (Lipinski definition) is 3. The van der Waals surface area contributed by atoms with E-state index in [2.05, 4.69) is 12.2 Å². The fourth-order valence-corrected chi connectivity index (χ4v) is 3.86. The Balaban J connectivity index is 1.88. The van der Waals surface area contributed by atoms with Crippen molar-refractivity contribution in [2.24, 2.45) is 5.92 Å². The summed E-state index contributed by atoms with van der Waals surface area (Å²) in [5.74, 6) is 0.818. The van der Waals surface area contributed by atoms with Crippen molar-refractivity contribution in [3.63, 3.8) is 0 Å². The summed E-state index contributed by atoms with van der Waals surface area (Å²) in [4.78, 5) is 14.4. The van der Waals surface area contributed by atoms with Gasteiger partial charge in [-0.25, -0.2) is 4.79 Å². The van der Waals surface area contributed by atoms with E-state index in [1.54, 1.807) is 0 Å². The number of rotatable bonds is 4. The molecule has 22 heavy (non-hydrogen) atoms. The first-order valence-corrected chi connectivity index (χ1v) is 9.13. The number of nitrogens with one attached hydrogen (secondary N) is 1. The zero-order valence-electron chi connectivity index (χ0n) is 14.9. The molecule has 3 atom stereocenters. The molecule has 0 aromatic rings. The maximum atomic E-state index is 12.4. The van der Waals surface area contributed by atoms with Gasteiger partial charge < -0.3 is 15.0 Å². The van der Waals surface area contributed by atoms with Gasteiger partial charge in [0, 0.05) is 25.2 Å². The van der Waals surface area contributed by atoms with Gasteiger partial charge in [-0.1, -0.05) is 19.8 Å². The van der Waals surface area contributed by atoms with Gasteiger partial charge in [-0.15, -0.1) is 0 Å². The van der Waals surface area contributed by atoms with Crippen molar-refractivity contribution in [3.8, 4) is 0 Å². The highest BCUT2D eigenvalue weighted by molar-refractivity contribution is 5.68. The molecule has 1 amide bonds. The van der Waals surface area contributed by atoms with Gasteiger partial charge in [0.2, 0.25) is 0 Å². The lowest BCUT2D eigenvalue weighted by Crippen LogP contribution is -2.51. The molecule has 0 radical (unpaired) electrons. The number of ether oxygens (including phenoxy) is 1. The van der Waals surface area contributed by atoms with Crippen molar-refractivity contribution in [1.29, 1.82) is 0 Å². The summed E-state index contributed by atoms with van der Waals surface area (Å²) in [5, 5.41) is 3.75. The number of carbonyl (C=O) groups is 1. The van der Waals surface area contributed by atoms with Crippen molar-refractivity contribution in [1.82, 2.24) is 10.2 Å². The number of carbonyl (C=O) groups excluding carboxylic acids is 1. The van der Waals surface area contributed by atoms with E-state index in [1.807, 2.05) is 25.7 Å². The van der Waals surface area contributed by atoms with Crippen LogP contribution in [0.25, 0.3) is 0 Å². The topological polar surface area (TPSA) is 41.6 Å². The Bertz CT molecular complexity index is 365. The van der Waals surface area contributed by atoms with E-state index in [9.17, 15) is 4.79 Å². The number of likely N-dealkylation sites (tertiary alicyclic amines) is 1. The van der Waals surface area contributed by atoms with Crippen LogP contribution in [0.15, 0.2) is 0 Å². The SMILES string of the molecule is CCC1CCCC1NCC1CCCCN1C(=O)OC(C)(C)C. The van der Waals surface area contributed by atoms with Gasteiger partial charge in [0.05, 0.1) is 0 Å². The van der Waals surface area contributed by atoms with Gasteiger partial charge in [-0.05, 0) is 58.8 Å². The molecule has 4 heteroatoms. The van der Waals surface area contributed by atoms with E-state index < -0.39 is 5.60 Å². The van der Waals surface area contributed by atoms with Crippen molar-refractivity contribution >= 4 is 6.09 Å². The summed E-state index contributed by atoms with van der Waals surface area (Å²) in [7, 11) is 0. The molecule has 0 aromatic heterocycles. The molecule has 3 unspecified atom stereocenters. The van der Waals surface area contributed by atoms with Crippen LogP contribution in [0.5, 0.6) is 0 Å². The maximum absolute atomic E-state index is 12.4. The Hall–Kier alpha value is -0.770. The van der Waals surface area contributed by atoms with Crippen LogP contribution in [0.3, 0.4) is 0 Å². The summed E-state index contributed by atoms with van der Waals surface area (Å²) in [6.07, 6.45) is 8.51. The zero-order valence-corrected chi connectivity index (χ0v) is 14.9. The zero-order chi connectivity index (χ0) is 16.2. The normalized spacial score (nSPS) is 29.6. The highest BCUT2D eigenvalue weighted by Crippen LogP contribution is 2.28. The van der Waals surface area contributed by atoms with E-state index in [0.717, 1.165) is 31.8 Å². The van der Waals surface area contributed by atoms with E-state index >= 15 is 0 Å². The molecule has 1 heterocycles. The highest BCUT2D eigenvalue weighted by atomic mass is 16.6. The Labute approximate surface area is 136 Å². The molecule has 1 saturated carbocycles. The Morgan fingerprint density at radius 1 is 1.18 bits per heavy atom. The molecule has 2 rings (SSSR count). The monoisotopic (exact) mass is 310 g/mol. The van der Waals surface area contributed by atoms with Gasteiger partial charge in [-0.2, -0.15) is 0 Å². The largest absolute Gasteiger partial charge is 0.444 e. The predicted octanol–water partition coefficient (Wildman–Crippen LogP) is 3.94. The second-order valence-corrected chi connectivity index (χ2v) is 7.94. The van der Waals surface area contributed by atoms with Gasteiger partial charge in [0.15, 0.2) is 0 Å². The van der Waals surface area contributed by atoms with E-state index in [0.29, 0.717) is 12.1 Å². The fourth-order valence-electron chi connectivity index (χ4n) is 3.86. The van der Waals surface area contributed by atoms with Crippen LogP contribution in [0.1, 0.15) is 72.6 Å². The Kier molecular flexibility index (Phi) is 6.13. The lowest BCUT2D eigenvalue weighted by atomic mass is 9.98. The number of amides is 1. The van der Waals surface area contributed by atoms with Gasteiger partial charge >= 0.3 is 6.09 Å². The molecule has 0 aromatic carbocycles. The van der Waals surface area contributed by atoms with Crippen LogP contribution in [0.2, 0.25) is 0 Å². The quantitative estimate of drug-likeness (QED) is 0.855. The maximum Gasteiger partial charge on any atom is 0.410 e. The molecule has 2 aliphatic rings. The first-order chi connectivity index (χ1) is 10.4. The predicted molar refractivity (Wildman–Crippen MR) is 90.0 cm³/mol. The first-order valence-electron chi connectivity index (χ1n) is 9.13. The van der Waals surface area contributed by atoms with Crippen LogP contribution in [-0.2, 0) is 4.74 Å². The molecule has 0 bridgehead atoms. The molecule has 4 nitrogen and oxygen atoms in total. The molecule has 2 fully saturated rings. The third kappa shape index (κ3) is 4.87. The average Bonchev–Trinajstić information content (AvgIpc) is 2.91. The van der Waals surface area contributed by atoms with Crippen LogP contribution in [0.4, 0.5) is 4.79 Å². The van der Waals surface area contributed by atoms with Crippen molar-refractivity contribution in [3.05, 3.63) is 0 Å². The molecular weight excluding hydrogens is 276 g/mol. The summed E-state index contributed by atoms with van der Waals surface area (Å²) in [6.45, 7) is 9.85. The second kappa shape index (κ2) is 7.67. The van der Waals surface area contributed by atoms with Gasteiger partial charge in [0.25, 0.3) is 0 Å². The van der Waals surface area contributed by atoms with Crippen LogP contribution in [0, 0.1) is 5.92 Å². The lowest BCUT2D eigenvalue weighted by molar-refractivity contribution is 0.00952. The number of hydrogen-bond donors (Lipinski definition) is 1. The standard InChI is InChI=1S/C18H34N2O2/c1-5-14-9-8-11-16(14)19-13-15-10-6-7-12-20(15)17(21)22-18(2,3)4/h14-16,19H,5-13H2,1-4H3. The minimum absolute atomic E-state index is 0.141. The van der Waals surface area contributed by atoms with E-state index in [1.165, 1.54) is 32.1 Å². The number of piperidine rings is 1. The van der Waals surface area contributed by atoms with E-state index in [4.69, 9.17) is 4.74 Å². The molecule has 1 aliphatic carbocycles. The molecule has 0 spiro atoms. The van der Waals surface area contributed by atoms with E-state index in [-0.39, 0.29) is 6.09 Å². The Morgan fingerprint density at radius 3 is 2.64 bits per heavy atom. The van der Waals surface area contributed by atoms with Gasteiger partial charge in [0.1, 0.15) is 5.60 Å². The summed E-state index contributed by atoms with van der Waals surface area (Å²) < 4.78 is 5.58. The second-order valence-electron chi connectivity index (χ2n) is 7.94. The first kappa shape index (κ1) is 17.6. The molecule has 1 saturated heterocycles. The molecule has 128 valence electrons. The summed E-state index contributed by atoms with van der Waals surface area (Å²) in [5.41, 5.74) is -0.411. The van der Waals surface area contributed by atoms with Crippen LogP contribution >= 0.6 is 0 Å². The van der Waals surface area contributed by atoms with Gasteiger partial charge in [-0.3, -0.25) is 0 Å². The molecular formula is C18H34N2O2. The van der Waals surface area contributed by atoms with Crippen molar-refractivity contribution in [2.75, 3.05) is 13.1 Å². The third-order valence-electron chi connectivity index (χ3n) is 5.05. The minimum Gasteiger partial charge on any atom is -0.444 e. The number of nitrogens with zero attached hydrogens (tertiary/aromatic N) is 1. The van der Waals surface area contributed by atoms with Crippen molar-refractivity contribution < 1.29 is 9.53 Å². The Morgan fingerprint density at radius 2 is 1.95 bits per heavy atom. The minimum atomic E-state index is -0.411. The highest BCUT2D eigenvalue weighted by Gasteiger charge is 2.32.